The fourth-order valence-electron chi connectivity index (χ4n) is 2.55. The van der Waals surface area contributed by atoms with Crippen molar-refractivity contribution in [3.05, 3.63) is 46.7 Å². The molecule has 0 radical (unpaired) electrons. The van der Waals surface area contributed by atoms with Crippen molar-refractivity contribution in [2.45, 2.75) is 25.3 Å². The second-order valence-corrected chi connectivity index (χ2v) is 5.09. The summed E-state index contributed by atoms with van der Waals surface area (Å²) in [4.78, 5) is 8.04. The number of benzene rings is 1. The molecule has 0 amide bonds. The molecule has 0 saturated carbocycles. The number of nitrogens with one attached hydrogen (secondary N) is 1. The Balaban J connectivity index is 1.91. The number of hydrogen-bond acceptors (Lipinski definition) is 4. The minimum absolute atomic E-state index is 0.233. The van der Waals surface area contributed by atoms with Crippen molar-refractivity contribution in [2.75, 3.05) is 11.1 Å². The second-order valence-electron chi connectivity index (χ2n) is 4.71. The molecule has 4 nitrogen and oxygen atoms in total. The Morgan fingerprint density at radius 2 is 2.11 bits per heavy atom. The molecule has 0 fully saturated rings. The molecule has 1 aliphatic carbocycles. The molecule has 1 aromatic carbocycles. The average molecular weight is 275 g/mol. The molecule has 1 aromatic heterocycles. The molecular formula is C14H15ClN4. The lowest BCUT2D eigenvalue weighted by atomic mass is 9.88. The number of nitrogens with zero attached hydrogens (tertiary/aromatic N) is 2. The summed E-state index contributed by atoms with van der Waals surface area (Å²) in [6.45, 7) is 0. The van der Waals surface area contributed by atoms with Crippen molar-refractivity contribution < 1.29 is 0 Å². The van der Waals surface area contributed by atoms with Crippen molar-refractivity contribution in [1.82, 2.24) is 9.97 Å². The Bertz CT molecular complexity index is 600. The topological polar surface area (TPSA) is 63.8 Å². The van der Waals surface area contributed by atoms with Crippen LogP contribution < -0.4 is 11.1 Å². The van der Waals surface area contributed by atoms with Crippen LogP contribution in [0, 0.1) is 0 Å². The number of hydrogen-bond donors (Lipinski definition) is 2. The van der Waals surface area contributed by atoms with E-state index in [1.165, 1.54) is 17.5 Å². The van der Waals surface area contributed by atoms with Crippen LogP contribution in [0.25, 0.3) is 0 Å². The lowest BCUT2D eigenvalue weighted by Crippen LogP contribution is -2.18. The Morgan fingerprint density at radius 3 is 3.00 bits per heavy atom. The van der Waals surface area contributed by atoms with Gasteiger partial charge >= 0.3 is 0 Å². The van der Waals surface area contributed by atoms with E-state index in [4.69, 9.17) is 17.3 Å². The van der Waals surface area contributed by atoms with Gasteiger partial charge in [0.15, 0.2) is 5.82 Å². The lowest BCUT2D eigenvalue weighted by Gasteiger charge is -2.27. The SMILES string of the molecule is Nc1ncnc(NC2CCCc3ccccc32)c1Cl. The molecule has 0 bridgehead atoms. The Hall–Kier alpha value is -1.81. The van der Waals surface area contributed by atoms with Crippen LogP contribution in [0.4, 0.5) is 11.6 Å². The van der Waals surface area contributed by atoms with Gasteiger partial charge in [-0.2, -0.15) is 0 Å². The molecule has 0 aliphatic heterocycles. The zero-order chi connectivity index (χ0) is 13.2. The predicted octanol–water partition coefficient (Wildman–Crippen LogP) is 3.20. The standard InChI is InChI=1S/C14H15ClN4/c15-12-13(16)17-8-18-14(12)19-11-7-3-5-9-4-1-2-6-10(9)11/h1-2,4,6,8,11H,3,5,7H2,(H3,16,17,18,19). The van der Waals surface area contributed by atoms with E-state index in [0.29, 0.717) is 16.7 Å². The third kappa shape index (κ3) is 2.36. The summed E-state index contributed by atoms with van der Waals surface area (Å²) in [6, 6.07) is 8.71. The molecule has 98 valence electrons. The van der Waals surface area contributed by atoms with E-state index in [1.54, 1.807) is 0 Å². The van der Waals surface area contributed by atoms with E-state index in [1.807, 2.05) is 0 Å². The highest BCUT2D eigenvalue weighted by Crippen LogP contribution is 2.34. The van der Waals surface area contributed by atoms with Gasteiger partial charge in [0.05, 0.1) is 6.04 Å². The minimum Gasteiger partial charge on any atom is -0.382 e. The van der Waals surface area contributed by atoms with Gasteiger partial charge in [-0.1, -0.05) is 35.9 Å². The average Bonchev–Trinajstić information content (AvgIpc) is 2.44. The molecule has 0 saturated heterocycles. The number of halogens is 1. The summed E-state index contributed by atoms with van der Waals surface area (Å²) >= 11 is 6.13. The first-order valence-electron chi connectivity index (χ1n) is 6.36. The first-order chi connectivity index (χ1) is 9.25. The van der Waals surface area contributed by atoms with Crippen molar-refractivity contribution >= 4 is 23.2 Å². The van der Waals surface area contributed by atoms with Crippen molar-refractivity contribution in [3.8, 4) is 0 Å². The highest BCUT2D eigenvalue weighted by molar-refractivity contribution is 6.35. The van der Waals surface area contributed by atoms with E-state index >= 15 is 0 Å². The van der Waals surface area contributed by atoms with Crippen LogP contribution in [0.3, 0.4) is 0 Å². The number of nitrogen functional groups attached to an aromatic ring is 1. The fraction of sp³-hybridized carbons (Fsp3) is 0.286. The summed E-state index contributed by atoms with van der Waals surface area (Å²) in [6.07, 6.45) is 4.79. The van der Waals surface area contributed by atoms with Gasteiger partial charge < -0.3 is 11.1 Å². The quantitative estimate of drug-likeness (QED) is 0.883. The van der Waals surface area contributed by atoms with Gasteiger partial charge in [0.1, 0.15) is 17.2 Å². The number of nitrogens with two attached hydrogens (primary N) is 1. The van der Waals surface area contributed by atoms with Crippen LogP contribution in [0.5, 0.6) is 0 Å². The smallest absolute Gasteiger partial charge is 0.150 e. The van der Waals surface area contributed by atoms with E-state index in [-0.39, 0.29) is 6.04 Å². The Morgan fingerprint density at radius 1 is 1.26 bits per heavy atom. The maximum Gasteiger partial charge on any atom is 0.150 e. The molecular weight excluding hydrogens is 260 g/mol. The van der Waals surface area contributed by atoms with Crippen LogP contribution in [0.2, 0.25) is 5.02 Å². The summed E-state index contributed by atoms with van der Waals surface area (Å²) in [7, 11) is 0. The highest BCUT2D eigenvalue weighted by atomic mass is 35.5. The van der Waals surface area contributed by atoms with Crippen LogP contribution in [0.1, 0.15) is 30.0 Å². The summed E-state index contributed by atoms with van der Waals surface area (Å²) in [5.41, 5.74) is 8.41. The van der Waals surface area contributed by atoms with Gasteiger partial charge in [-0.25, -0.2) is 9.97 Å². The Kier molecular flexibility index (Phi) is 3.25. The van der Waals surface area contributed by atoms with Gasteiger partial charge in [0.25, 0.3) is 0 Å². The molecule has 1 unspecified atom stereocenters. The normalized spacial score (nSPS) is 17.8. The second kappa shape index (κ2) is 5.05. The maximum atomic E-state index is 6.13. The molecule has 3 N–H and O–H groups in total. The third-order valence-electron chi connectivity index (χ3n) is 3.50. The number of rotatable bonds is 2. The monoisotopic (exact) mass is 274 g/mol. The van der Waals surface area contributed by atoms with Gasteiger partial charge in [0, 0.05) is 0 Å². The zero-order valence-electron chi connectivity index (χ0n) is 10.4. The van der Waals surface area contributed by atoms with Crippen molar-refractivity contribution in [3.63, 3.8) is 0 Å². The van der Waals surface area contributed by atoms with Gasteiger partial charge in [-0.15, -0.1) is 0 Å². The number of fused-ring (bicyclic) bond motifs is 1. The van der Waals surface area contributed by atoms with Gasteiger partial charge in [0.2, 0.25) is 0 Å². The molecule has 1 aliphatic rings. The van der Waals surface area contributed by atoms with Crippen LogP contribution >= 0.6 is 11.6 Å². The van der Waals surface area contributed by atoms with Crippen LogP contribution in [0.15, 0.2) is 30.6 Å². The van der Waals surface area contributed by atoms with Crippen LogP contribution in [-0.2, 0) is 6.42 Å². The first kappa shape index (κ1) is 12.2. The van der Waals surface area contributed by atoms with Crippen molar-refractivity contribution in [1.29, 1.82) is 0 Å². The summed E-state index contributed by atoms with van der Waals surface area (Å²) in [5, 5.41) is 3.78. The summed E-state index contributed by atoms with van der Waals surface area (Å²) < 4.78 is 0. The fourth-order valence-corrected chi connectivity index (χ4v) is 2.71. The Labute approximate surface area is 117 Å². The predicted molar refractivity (Wildman–Crippen MR) is 77.2 cm³/mol. The van der Waals surface area contributed by atoms with Crippen molar-refractivity contribution in [2.24, 2.45) is 0 Å². The molecule has 3 rings (SSSR count). The van der Waals surface area contributed by atoms with E-state index < -0.39 is 0 Å². The number of aryl methyl sites for hydroxylation is 1. The number of anilines is 2. The van der Waals surface area contributed by atoms with E-state index in [9.17, 15) is 0 Å². The lowest BCUT2D eigenvalue weighted by molar-refractivity contribution is 0.598. The first-order valence-corrected chi connectivity index (χ1v) is 6.74. The summed E-state index contributed by atoms with van der Waals surface area (Å²) in [5.74, 6) is 0.916. The third-order valence-corrected chi connectivity index (χ3v) is 3.87. The molecule has 1 atom stereocenters. The minimum atomic E-state index is 0.233. The van der Waals surface area contributed by atoms with E-state index in [0.717, 1.165) is 19.3 Å². The molecule has 1 heterocycles. The van der Waals surface area contributed by atoms with Crippen LogP contribution in [-0.4, -0.2) is 9.97 Å². The molecule has 2 aromatic rings. The highest BCUT2D eigenvalue weighted by Gasteiger charge is 2.21. The van der Waals surface area contributed by atoms with Gasteiger partial charge in [-0.3, -0.25) is 0 Å². The number of aromatic nitrogens is 2. The van der Waals surface area contributed by atoms with E-state index in [2.05, 4.69) is 39.6 Å². The largest absolute Gasteiger partial charge is 0.382 e. The molecule has 19 heavy (non-hydrogen) atoms. The maximum absolute atomic E-state index is 6.13. The van der Waals surface area contributed by atoms with Gasteiger partial charge in [-0.05, 0) is 30.4 Å². The zero-order valence-corrected chi connectivity index (χ0v) is 11.2. The molecule has 0 spiro atoms. The molecule has 5 heteroatoms.